The quantitative estimate of drug-likeness (QED) is 0.167. The second-order valence-corrected chi connectivity index (χ2v) is 17.0. The molecule has 4 aromatic heterocycles. The molecule has 4 heterocycles. The van der Waals surface area contributed by atoms with Crippen LogP contribution in [-0.4, -0.2) is 0 Å². The molecule has 0 saturated carbocycles. The van der Waals surface area contributed by atoms with Crippen molar-refractivity contribution in [2.75, 3.05) is 0 Å². The van der Waals surface area contributed by atoms with Gasteiger partial charge in [0.2, 0.25) is 0 Å². The summed E-state index contributed by atoms with van der Waals surface area (Å²) < 4.78 is 26.5. The molecule has 0 unspecified atom stereocenters. The summed E-state index contributed by atoms with van der Waals surface area (Å²) in [6.45, 7) is 0. The number of para-hydroxylation sites is 4. The number of hydrogen-bond acceptors (Lipinski definition) is 4. The SMILES string of the molecule is c1ccc2cc(-c3c4cccc(-c5cccc6c5oc5ccc7oc8ccccc8c7c56)c4cc4c(-c5cccc6c5oc5ccc7oc8ccccc8c7c56)cccc34)ccc2c1. The molecular weight excluding hydrogens is 785 g/mol. The Labute approximate surface area is 363 Å². The summed E-state index contributed by atoms with van der Waals surface area (Å²) in [5.41, 5.74) is 13.5. The molecular formula is C60H32O4. The predicted octanol–water partition coefficient (Wildman–Crippen LogP) is 17.7. The highest BCUT2D eigenvalue weighted by Gasteiger charge is 2.23. The van der Waals surface area contributed by atoms with Crippen LogP contribution in [0.2, 0.25) is 0 Å². The molecule has 0 aliphatic carbocycles. The van der Waals surface area contributed by atoms with Gasteiger partial charge in [0.05, 0.1) is 0 Å². The van der Waals surface area contributed by atoms with E-state index in [-0.39, 0.29) is 0 Å². The highest BCUT2D eigenvalue weighted by atomic mass is 16.3. The van der Waals surface area contributed by atoms with Gasteiger partial charge in [-0.1, -0.05) is 146 Å². The van der Waals surface area contributed by atoms with Crippen molar-refractivity contribution in [2.24, 2.45) is 0 Å². The molecule has 0 N–H and O–H groups in total. The van der Waals surface area contributed by atoms with Crippen LogP contribution in [0.15, 0.2) is 212 Å². The number of hydrogen-bond donors (Lipinski definition) is 0. The van der Waals surface area contributed by atoms with Crippen LogP contribution in [0, 0.1) is 0 Å². The molecule has 296 valence electrons. The third kappa shape index (κ3) is 4.56. The van der Waals surface area contributed by atoms with E-state index in [4.69, 9.17) is 17.7 Å². The largest absolute Gasteiger partial charge is 0.456 e. The number of benzene rings is 11. The van der Waals surface area contributed by atoms with Crippen LogP contribution in [0.4, 0.5) is 0 Å². The van der Waals surface area contributed by atoms with Crippen LogP contribution in [0.25, 0.3) is 153 Å². The maximum atomic E-state index is 6.92. The summed E-state index contributed by atoms with van der Waals surface area (Å²) in [5, 5.41) is 15.6. The zero-order valence-corrected chi connectivity index (χ0v) is 34.1. The lowest BCUT2D eigenvalue weighted by atomic mass is 9.85. The summed E-state index contributed by atoms with van der Waals surface area (Å²) in [4.78, 5) is 0. The molecule has 0 bridgehead atoms. The van der Waals surface area contributed by atoms with Crippen LogP contribution < -0.4 is 0 Å². The van der Waals surface area contributed by atoms with Gasteiger partial charge >= 0.3 is 0 Å². The van der Waals surface area contributed by atoms with Crippen molar-refractivity contribution in [2.45, 2.75) is 0 Å². The van der Waals surface area contributed by atoms with E-state index in [1.165, 1.54) is 27.1 Å². The molecule has 0 fully saturated rings. The van der Waals surface area contributed by atoms with Crippen molar-refractivity contribution in [3.63, 3.8) is 0 Å². The molecule has 0 amide bonds. The monoisotopic (exact) mass is 816 g/mol. The molecule has 0 aliphatic rings. The third-order valence-electron chi connectivity index (χ3n) is 13.7. The molecule has 15 aromatic rings. The van der Waals surface area contributed by atoms with Gasteiger partial charge in [0.1, 0.15) is 44.7 Å². The lowest BCUT2D eigenvalue weighted by Crippen LogP contribution is -1.91. The second kappa shape index (κ2) is 12.5. The van der Waals surface area contributed by atoms with Gasteiger partial charge in [-0.25, -0.2) is 0 Å². The van der Waals surface area contributed by atoms with Gasteiger partial charge in [-0.2, -0.15) is 0 Å². The maximum absolute atomic E-state index is 6.92. The Morgan fingerprint density at radius 1 is 0.234 bits per heavy atom. The molecule has 0 spiro atoms. The average molecular weight is 817 g/mol. The van der Waals surface area contributed by atoms with E-state index in [1.54, 1.807) is 0 Å². The minimum absolute atomic E-state index is 0.839. The molecule has 11 aromatic carbocycles. The average Bonchev–Trinajstić information content (AvgIpc) is 4.12. The van der Waals surface area contributed by atoms with Crippen molar-refractivity contribution in [1.29, 1.82) is 0 Å². The molecule has 0 atom stereocenters. The minimum Gasteiger partial charge on any atom is -0.456 e. The van der Waals surface area contributed by atoms with Gasteiger partial charge in [0.15, 0.2) is 0 Å². The first kappa shape index (κ1) is 34.0. The van der Waals surface area contributed by atoms with Gasteiger partial charge < -0.3 is 17.7 Å². The standard InChI is InChI=1S/C60H32O4/c1-2-12-34-31-35(26-25-33(34)11-1)54-38-17-7-15-36(40-19-9-21-44-57-52(63-59(40)44)29-27-50-55(57)42-13-3-5-23-48(42)61-50)46(38)32-47-37(16-8-18-39(47)54)41-20-10-22-45-58-53(64-60(41)45)30-28-51-56(58)43-14-4-6-24-49(43)62-51/h1-32H. The fourth-order valence-electron chi connectivity index (χ4n) is 10.9. The van der Waals surface area contributed by atoms with Gasteiger partial charge in [-0.15, -0.1) is 0 Å². The lowest BCUT2D eigenvalue weighted by Gasteiger charge is -2.18. The Hall–Kier alpha value is -8.60. The van der Waals surface area contributed by atoms with Crippen molar-refractivity contribution in [1.82, 2.24) is 0 Å². The molecule has 4 heteroatoms. The summed E-state index contributed by atoms with van der Waals surface area (Å²) >= 11 is 0. The first-order valence-corrected chi connectivity index (χ1v) is 21.7. The van der Waals surface area contributed by atoms with Gasteiger partial charge in [0, 0.05) is 54.2 Å². The molecule has 15 rings (SSSR count). The Bertz CT molecular complexity index is 4250. The van der Waals surface area contributed by atoms with Gasteiger partial charge in [-0.05, 0) is 103 Å². The zero-order valence-electron chi connectivity index (χ0n) is 34.1. The second-order valence-electron chi connectivity index (χ2n) is 17.0. The normalized spacial score (nSPS) is 12.4. The van der Waals surface area contributed by atoms with Crippen molar-refractivity contribution >= 4 is 120 Å². The molecule has 4 nitrogen and oxygen atoms in total. The van der Waals surface area contributed by atoms with Crippen molar-refractivity contribution in [3.8, 4) is 33.4 Å². The number of fused-ring (bicyclic) bond motifs is 17. The van der Waals surface area contributed by atoms with Crippen LogP contribution in [0.3, 0.4) is 0 Å². The van der Waals surface area contributed by atoms with Crippen LogP contribution in [-0.2, 0) is 0 Å². The number of furan rings is 4. The van der Waals surface area contributed by atoms with Crippen LogP contribution in [0.1, 0.15) is 0 Å². The molecule has 0 saturated heterocycles. The fourth-order valence-corrected chi connectivity index (χ4v) is 10.9. The topological polar surface area (TPSA) is 52.6 Å². The Morgan fingerprint density at radius 3 is 1.20 bits per heavy atom. The van der Waals surface area contributed by atoms with E-state index in [2.05, 4.69) is 146 Å². The summed E-state index contributed by atoms with van der Waals surface area (Å²) in [7, 11) is 0. The van der Waals surface area contributed by atoms with E-state index in [1.807, 2.05) is 48.5 Å². The van der Waals surface area contributed by atoms with Crippen LogP contribution in [0.5, 0.6) is 0 Å². The first-order valence-electron chi connectivity index (χ1n) is 21.7. The van der Waals surface area contributed by atoms with Gasteiger partial charge in [-0.3, -0.25) is 0 Å². The molecule has 64 heavy (non-hydrogen) atoms. The van der Waals surface area contributed by atoms with Crippen molar-refractivity contribution in [3.05, 3.63) is 194 Å². The van der Waals surface area contributed by atoms with E-state index in [9.17, 15) is 0 Å². The maximum Gasteiger partial charge on any atom is 0.143 e. The summed E-state index contributed by atoms with van der Waals surface area (Å²) in [5.74, 6) is 0. The summed E-state index contributed by atoms with van der Waals surface area (Å²) in [6.07, 6.45) is 0. The van der Waals surface area contributed by atoms with E-state index in [0.717, 1.165) is 126 Å². The molecule has 0 radical (unpaired) electrons. The minimum atomic E-state index is 0.839. The Kier molecular flexibility index (Phi) is 6.65. The predicted molar refractivity (Wildman–Crippen MR) is 264 cm³/mol. The molecule has 0 aliphatic heterocycles. The van der Waals surface area contributed by atoms with E-state index in [0.29, 0.717) is 0 Å². The smallest absolute Gasteiger partial charge is 0.143 e. The van der Waals surface area contributed by atoms with Gasteiger partial charge in [0.25, 0.3) is 0 Å². The third-order valence-corrected chi connectivity index (χ3v) is 13.7. The van der Waals surface area contributed by atoms with E-state index < -0.39 is 0 Å². The number of rotatable bonds is 3. The first-order chi connectivity index (χ1) is 31.7. The lowest BCUT2D eigenvalue weighted by molar-refractivity contribution is 0.663. The fraction of sp³-hybridized carbons (Fsp3) is 0. The summed E-state index contributed by atoms with van der Waals surface area (Å²) in [6, 6.07) is 69.0. The highest BCUT2D eigenvalue weighted by molar-refractivity contribution is 6.29. The van der Waals surface area contributed by atoms with Crippen molar-refractivity contribution < 1.29 is 17.7 Å². The van der Waals surface area contributed by atoms with E-state index >= 15 is 0 Å². The highest BCUT2D eigenvalue weighted by Crippen LogP contribution is 2.49. The Morgan fingerprint density at radius 2 is 0.656 bits per heavy atom. The zero-order chi connectivity index (χ0) is 41.6. The Balaban J connectivity index is 1.05. The van der Waals surface area contributed by atoms with Crippen LogP contribution >= 0.6 is 0 Å².